The van der Waals surface area contributed by atoms with Gasteiger partial charge in [-0.25, -0.2) is 9.78 Å². The molecule has 130 valence electrons. The first-order chi connectivity index (χ1) is 11.1. The van der Waals surface area contributed by atoms with Gasteiger partial charge >= 0.3 is 11.6 Å². The van der Waals surface area contributed by atoms with Gasteiger partial charge < -0.3 is 20.6 Å². The molecule has 7 nitrogen and oxygen atoms in total. The number of nitrogens with two attached hydrogens (primary N) is 2. The zero-order chi connectivity index (χ0) is 18.1. The van der Waals surface area contributed by atoms with Gasteiger partial charge in [0.15, 0.2) is 5.89 Å². The summed E-state index contributed by atoms with van der Waals surface area (Å²) < 4.78 is 10.5. The van der Waals surface area contributed by atoms with E-state index in [1.54, 1.807) is 13.0 Å². The van der Waals surface area contributed by atoms with Crippen molar-refractivity contribution in [2.45, 2.75) is 52.6 Å². The second kappa shape index (κ2) is 6.51. The third kappa shape index (κ3) is 4.04. The highest BCUT2D eigenvalue weighted by Crippen LogP contribution is 2.26. The maximum atomic E-state index is 12.2. The van der Waals surface area contributed by atoms with E-state index >= 15 is 0 Å². The molecule has 0 unspecified atom stereocenters. The Morgan fingerprint density at radius 1 is 1.33 bits per heavy atom. The highest BCUT2D eigenvalue weighted by atomic mass is 16.6. The van der Waals surface area contributed by atoms with Gasteiger partial charge in [-0.2, -0.15) is 0 Å². The maximum absolute atomic E-state index is 12.2. The number of anilines is 2. The number of benzene rings is 1. The number of carbonyl (C=O) groups is 1. The second-order valence-corrected chi connectivity index (χ2v) is 6.73. The Morgan fingerprint density at radius 3 is 2.62 bits per heavy atom. The fourth-order valence-electron chi connectivity index (χ4n) is 2.38. The highest BCUT2D eigenvalue weighted by molar-refractivity contribution is 5.91. The molecule has 7 heteroatoms. The van der Waals surface area contributed by atoms with Crippen LogP contribution in [0.15, 0.2) is 15.3 Å². The monoisotopic (exact) mass is 333 g/mol. The average molecular weight is 333 g/mol. The lowest BCUT2D eigenvalue weighted by atomic mass is 10.1. The van der Waals surface area contributed by atoms with Crippen LogP contribution in [0.5, 0.6) is 0 Å². The van der Waals surface area contributed by atoms with Gasteiger partial charge in [0, 0.05) is 12.8 Å². The summed E-state index contributed by atoms with van der Waals surface area (Å²) in [4.78, 5) is 28.2. The van der Waals surface area contributed by atoms with Gasteiger partial charge in [0.05, 0.1) is 22.3 Å². The first-order valence-corrected chi connectivity index (χ1v) is 7.78. The summed E-state index contributed by atoms with van der Waals surface area (Å²) >= 11 is 0. The molecule has 0 amide bonds. The first-order valence-electron chi connectivity index (χ1n) is 7.78. The van der Waals surface area contributed by atoms with Crippen LogP contribution in [0.3, 0.4) is 0 Å². The van der Waals surface area contributed by atoms with Crippen LogP contribution in [-0.2, 0) is 16.0 Å². The lowest BCUT2D eigenvalue weighted by Crippen LogP contribution is -2.23. The van der Waals surface area contributed by atoms with Gasteiger partial charge in [-0.1, -0.05) is 0 Å². The quantitative estimate of drug-likeness (QED) is 0.650. The molecule has 0 aliphatic carbocycles. The van der Waals surface area contributed by atoms with Crippen LogP contribution < -0.4 is 17.1 Å². The highest BCUT2D eigenvalue weighted by Gasteiger charge is 2.17. The van der Waals surface area contributed by atoms with E-state index in [1.807, 2.05) is 20.8 Å². The maximum Gasteiger partial charge on any atom is 0.347 e. The van der Waals surface area contributed by atoms with E-state index < -0.39 is 11.2 Å². The van der Waals surface area contributed by atoms with E-state index in [-0.39, 0.29) is 18.3 Å². The normalized spacial score (nSPS) is 11.7. The Balaban J connectivity index is 2.16. The van der Waals surface area contributed by atoms with Crippen LogP contribution in [0.1, 0.15) is 45.1 Å². The zero-order valence-electron chi connectivity index (χ0n) is 14.4. The van der Waals surface area contributed by atoms with E-state index in [4.69, 9.17) is 20.6 Å². The molecule has 1 aromatic carbocycles. The van der Waals surface area contributed by atoms with Crippen LogP contribution in [0.4, 0.5) is 11.4 Å². The molecule has 0 spiro atoms. The minimum atomic E-state index is -0.514. The number of nitrogen functional groups attached to an aromatic ring is 2. The summed E-state index contributed by atoms with van der Waals surface area (Å²) in [6, 6.07) is 1.56. The Kier molecular flexibility index (Phi) is 4.82. The van der Waals surface area contributed by atoms with Crippen molar-refractivity contribution in [3.05, 3.63) is 27.9 Å². The lowest BCUT2D eigenvalue weighted by molar-refractivity contribution is -0.154. The molecule has 0 saturated carbocycles. The van der Waals surface area contributed by atoms with E-state index in [0.717, 1.165) is 0 Å². The molecule has 0 radical (unpaired) electrons. The fourth-order valence-corrected chi connectivity index (χ4v) is 2.38. The van der Waals surface area contributed by atoms with Crippen molar-refractivity contribution in [3.63, 3.8) is 0 Å². The summed E-state index contributed by atoms with van der Waals surface area (Å²) in [5.74, 6) is -0.0295. The number of aromatic nitrogens is 1. The number of aryl methyl sites for hydroxylation is 2. The number of rotatable bonds is 4. The van der Waals surface area contributed by atoms with Gasteiger partial charge in [-0.15, -0.1) is 0 Å². The molecule has 2 rings (SSSR count). The second-order valence-electron chi connectivity index (χ2n) is 6.73. The minimum absolute atomic E-state index is 0.226. The van der Waals surface area contributed by atoms with E-state index in [2.05, 4.69) is 4.98 Å². The number of ether oxygens (including phenoxy) is 1. The number of esters is 1. The van der Waals surface area contributed by atoms with Crippen molar-refractivity contribution in [2.75, 3.05) is 11.5 Å². The van der Waals surface area contributed by atoms with Gasteiger partial charge in [-0.3, -0.25) is 4.79 Å². The van der Waals surface area contributed by atoms with E-state index in [9.17, 15) is 9.59 Å². The molecule has 0 fully saturated rings. The summed E-state index contributed by atoms with van der Waals surface area (Å²) in [5, 5.41) is 0.331. The molecular formula is C17H23N3O4. The van der Waals surface area contributed by atoms with E-state index in [1.165, 1.54) is 0 Å². The molecule has 0 aliphatic heterocycles. The largest absolute Gasteiger partial charge is 0.460 e. The molecular weight excluding hydrogens is 310 g/mol. The molecule has 0 aliphatic rings. The predicted octanol–water partition coefficient (Wildman–Crippen LogP) is 2.33. The predicted molar refractivity (Wildman–Crippen MR) is 92.6 cm³/mol. The number of nitrogens with zero attached hydrogens (tertiary/aromatic N) is 1. The van der Waals surface area contributed by atoms with Crippen LogP contribution >= 0.6 is 0 Å². The van der Waals surface area contributed by atoms with Crippen LogP contribution in [0, 0.1) is 6.92 Å². The molecule has 0 atom stereocenters. The van der Waals surface area contributed by atoms with Crippen LogP contribution in [-0.4, -0.2) is 16.6 Å². The van der Waals surface area contributed by atoms with Gasteiger partial charge in [-0.05, 0) is 45.7 Å². The topological polar surface area (TPSA) is 121 Å². The lowest BCUT2D eigenvalue weighted by Gasteiger charge is -2.19. The van der Waals surface area contributed by atoms with Gasteiger partial charge in [0.1, 0.15) is 5.60 Å². The standard InChI is InChI=1S/C17H23N3O4/c1-9-14-11(8-10(18)15(9)19)20-12(23-16(14)22)6-5-7-13(21)24-17(2,3)4/h8H,5-7,18-19H2,1-4H3. The number of hydrogen-bond acceptors (Lipinski definition) is 7. The van der Waals surface area contributed by atoms with Crippen molar-refractivity contribution in [1.82, 2.24) is 4.98 Å². The smallest absolute Gasteiger partial charge is 0.347 e. The molecule has 1 aromatic heterocycles. The van der Waals surface area contributed by atoms with Crippen molar-refractivity contribution in [3.8, 4) is 0 Å². The van der Waals surface area contributed by atoms with Crippen LogP contribution in [0.2, 0.25) is 0 Å². The summed E-state index contributed by atoms with van der Waals surface area (Å²) in [6.45, 7) is 7.14. The minimum Gasteiger partial charge on any atom is -0.460 e. The third-order valence-corrected chi connectivity index (χ3v) is 3.49. The Labute approximate surface area is 140 Å². The number of fused-ring (bicyclic) bond motifs is 1. The molecule has 0 saturated heterocycles. The third-order valence-electron chi connectivity index (χ3n) is 3.49. The SMILES string of the molecule is Cc1c(N)c(N)cc2nc(CCCC(=O)OC(C)(C)C)oc(=O)c12. The summed E-state index contributed by atoms with van der Waals surface area (Å²) in [6.07, 6.45) is 1.05. The van der Waals surface area contributed by atoms with Crippen molar-refractivity contribution >= 4 is 28.2 Å². The van der Waals surface area contributed by atoms with Gasteiger partial charge in [0.25, 0.3) is 0 Å². The number of hydrogen-bond donors (Lipinski definition) is 2. The Hall–Kier alpha value is -2.57. The van der Waals surface area contributed by atoms with Crippen molar-refractivity contribution < 1.29 is 13.9 Å². The molecule has 4 N–H and O–H groups in total. The molecule has 24 heavy (non-hydrogen) atoms. The Morgan fingerprint density at radius 2 is 2.00 bits per heavy atom. The van der Waals surface area contributed by atoms with Crippen molar-refractivity contribution in [1.29, 1.82) is 0 Å². The summed E-state index contributed by atoms with van der Waals surface area (Å²) in [5.41, 5.74) is 12.4. The van der Waals surface area contributed by atoms with E-state index in [0.29, 0.717) is 40.7 Å². The zero-order valence-corrected chi connectivity index (χ0v) is 14.4. The fraction of sp³-hybridized carbons (Fsp3) is 0.471. The van der Waals surface area contributed by atoms with Gasteiger partial charge in [0.2, 0.25) is 0 Å². The number of carbonyl (C=O) groups excluding carboxylic acids is 1. The average Bonchev–Trinajstić information content (AvgIpc) is 2.42. The molecule has 2 aromatic rings. The summed E-state index contributed by atoms with van der Waals surface area (Å²) in [7, 11) is 0. The molecule has 1 heterocycles. The van der Waals surface area contributed by atoms with Crippen LogP contribution in [0.25, 0.3) is 10.9 Å². The van der Waals surface area contributed by atoms with Crippen molar-refractivity contribution in [2.24, 2.45) is 0 Å². The first kappa shape index (κ1) is 17.8. The molecule has 0 bridgehead atoms. The Bertz CT molecular complexity index is 834.